The molecule has 1 aromatic rings. The molecule has 0 saturated heterocycles. The van der Waals surface area contributed by atoms with Crippen LogP contribution in [0.2, 0.25) is 0 Å². The van der Waals surface area contributed by atoms with Crippen LogP contribution in [0.3, 0.4) is 0 Å². The van der Waals surface area contributed by atoms with Crippen molar-refractivity contribution >= 4 is 0 Å². The maximum Gasteiger partial charge on any atom is 0.122 e. The minimum Gasteiger partial charge on any atom is -0.494 e. The molecule has 0 amide bonds. The third kappa shape index (κ3) is 3.53. The predicted molar refractivity (Wildman–Crippen MR) is 69.0 cm³/mol. The monoisotopic (exact) mass is 221 g/mol. The Morgan fingerprint density at radius 3 is 2.56 bits per heavy atom. The van der Waals surface area contributed by atoms with Gasteiger partial charge >= 0.3 is 0 Å². The van der Waals surface area contributed by atoms with Gasteiger partial charge in [0.25, 0.3) is 0 Å². The van der Waals surface area contributed by atoms with Gasteiger partial charge in [-0.05, 0) is 43.4 Å². The zero-order valence-corrected chi connectivity index (χ0v) is 10.6. The maximum absolute atomic E-state index is 6.01. The van der Waals surface area contributed by atoms with Crippen molar-refractivity contribution in [2.45, 2.75) is 46.1 Å². The van der Waals surface area contributed by atoms with Crippen molar-refractivity contribution in [1.29, 1.82) is 0 Å². The van der Waals surface area contributed by atoms with E-state index in [1.807, 2.05) is 6.92 Å². The van der Waals surface area contributed by atoms with Gasteiger partial charge in [-0.3, -0.25) is 0 Å². The van der Waals surface area contributed by atoms with Crippen molar-refractivity contribution in [3.63, 3.8) is 0 Å². The first-order valence-electron chi connectivity index (χ1n) is 6.21. The fraction of sp³-hybridized carbons (Fsp3) is 0.571. The number of nitrogens with two attached hydrogens (primary N) is 1. The van der Waals surface area contributed by atoms with Crippen LogP contribution in [0.5, 0.6) is 5.75 Å². The van der Waals surface area contributed by atoms with E-state index in [1.165, 1.54) is 11.1 Å². The van der Waals surface area contributed by atoms with Gasteiger partial charge in [0.1, 0.15) is 5.75 Å². The summed E-state index contributed by atoms with van der Waals surface area (Å²) < 4.78 is 5.63. The van der Waals surface area contributed by atoms with Gasteiger partial charge in [0.05, 0.1) is 6.61 Å². The van der Waals surface area contributed by atoms with Crippen molar-refractivity contribution < 1.29 is 4.74 Å². The molecule has 2 nitrogen and oxygen atoms in total. The molecule has 90 valence electrons. The number of ether oxygens (including phenoxy) is 1. The molecule has 1 unspecified atom stereocenters. The van der Waals surface area contributed by atoms with Gasteiger partial charge < -0.3 is 10.5 Å². The summed E-state index contributed by atoms with van der Waals surface area (Å²) in [5.74, 6) is 0.989. The van der Waals surface area contributed by atoms with Crippen molar-refractivity contribution in [3.05, 3.63) is 29.3 Å². The average molecular weight is 221 g/mol. The summed E-state index contributed by atoms with van der Waals surface area (Å²) in [5.41, 5.74) is 8.60. The molecule has 2 N–H and O–H groups in total. The van der Waals surface area contributed by atoms with E-state index in [4.69, 9.17) is 10.5 Å². The first-order valence-corrected chi connectivity index (χ1v) is 6.21. The van der Waals surface area contributed by atoms with E-state index in [9.17, 15) is 0 Å². The molecule has 0 heterocycles. The Balaban J connectivity index is 2.90. The molecule has 0 aromatic heterocycles. The molecule has 1 rings (SSSR count). The Hall–Kier alpha value is -1.02. The van der Waals surface area contributed by atoms with E-state index < -0.39 is 0 Å². The molecule has 2 heteroatoms. The lowest BCUT2D eigenvalue weighted by molar-refractivity contribution is 0.335. The van der Waals surface area contributed by atoms with E-state index in [0.29, 0.717) is 6.61 Å². The highest BCUT2D eigenvalue weighted by Crippen LogP contribution is 2.22. The highest BCUT2D eigenvalue weighted by atomic mass is 16.5. The van der Waals surface area contributed by atoms with Gasteiger partial charge in [0.15, 0.2) is 0 Å². The fourth-order valence-corrected chi connectivity index (χ4v) is 1.74. The molecular formula is C14H23NO. The average Bonchev–Trinajstić information content (AvgIpc) is 2.31. The predicted octanol–water partition coefficient (Wildman–Crippen LogP) is 2.93. The van der Waals surface area contributed by atoms with Gasteiger partial charge in [-0.25, -0.2) is 0 Å². The van der Waals surface area contributed by atoms with Crippen molar-refractivity contribution in [1.82, 2.24) is 0 Å². The van der Waals surface area contributed by atoms with E-state index >= 15 is 0 Å². The number of aryl methyl sites for hydroxylation is 1. The molecule has 0 aliphatic heterocycles. The summed E-state index contributed by atoms with van der Waals surface area (Å²) in [5, 5.41) is 0. The number of hydrogen-bond donors (Lipinski definition) is 1. The third-order valence-corrected chi connectivity index (χ3v) is 2.84. The van der Waals surface area contributed by atoms with Gasteiger partial charge in [-0.1, -0.05) is 26.0 Å². The molecule has 0 spiro atoms. The maximum atomic E-state index is 6.01. The molecule has 1 atom stereocenters. The molecule has 0 aliphatic rings. The van der Waals surface area contributed by atoms with E-state index in [2.05, 4.69) is 32.0 Å². The first kappa shape index (κ1) is 13.0. The van der Waals surface area contributed by atoms with Crippen LogP contribution in [0.15, 0.2) is 18.2 Å². The second-order valence-electron chi connectivity index (χ2n) is 4.10. The molecule has 0 fully saturated rings. The van der Waals surface area contributed by atoms with Crippen LogP contribution in [0.25, 0.3) is 0 Å². The number of hydrogen-bond acceptors (Lipinski definition) is 2. The van der Waals surface area contributed by atoms with Crippen molar-refractivity contribution in [2.24, 2.45) is 5.73 Å². The second-order valence-corrected chi connectivity index (χ2v) is 4.10. The number of benzene rings is 1. The van der Waals surface area contributed by atoms with E-state index in [1.54, 1.807) is 0 Å². The SMILES string of the molecule is CCOc1ccc(CC)cc1CC(N)CC. The van der Waals surface area contributed by atoms with Crippen LogP contribution < -0.4 is 10.5 Å². The number of rotatable bonds is 6. The summed E-state index contributed by atoms with van der Waals surface area (Å²) in [7, 11) is 0. The molecule has 1 aromatic carbocycles. The van der Waals surface area contributed by atoms with Crippen LogP contribution in [-0.4, -0.2) is 12.6 Å². The zero-order chi connectivity index (χ0) is 12.0. The third-order valence-electron chi connectivity index (χ3n) is 2.84. The Labute approximate surface area is 98.8 Å². The topological polar surface area (TPSA) is 35.2 Å². The highest BCUT2D eigenvalue weighted by Gasteiger charge is 2.08. The summed E-state index contributed by atoms with van der Waals surface area (Å²) in [6, 6.07) is 6.65. The zero-order valence-electron chi connectivity index (χ0n) is 10.6. The van der Waals surface area contributed by atoms with E-state index in [0.717, 1.165) is 25.0 Å². The van der Waals surface area contributed by atoms with Gasteiger partial charge in [-0.2, -0.15) is 0 Å². The normalized spacial score (nSPS) is 12.5. The molecule has 0 saturated carbocycles. The van der Waals surface area contributed by atoms with Crippen LogP contribution in [-0.2, 0) is 12.8 Å². The van der Waals surface area contributed by atoms with Gasteiger partial charge in [-0.15, -0.1) is 0 Å². The standard InChI is InChI=1S/C14H23NO/c1-4-11-7-8-14(16-6-3)12(9-11)10-13(15)5-2/h7-9,13H,4-6,10,15H2,1-3H3. The van der Waals surface area contributed by atoms with Crippen LogP contribution in [0.1, 0.15) is 38.3 Å². The Morgan fingerprint density at radius 1 is 1.25 bits per heavy atom. The first-order chi connectivity index (χ1) is 7.71. The lowest BCUT2D eigenvalue weighted by atomic mass is 10.0. The van der Waals surface area contributed by atoms with Crippen LogP contribution in [0.4, 0.5) is 0 Å². The minimum absolute atomic E-state index is 0.228. The van der Waals surface area contributed by atoms with Gasteiger partial charge in [0.2, 0.25) is 0 Å². The van der Waals surface area contributed by atoms with Crippen LogP contribution >= 0.6 is 0 Å². The van der Waals surface area contributed by atoms with Gasteiger partial charge in [0, 0.05) is 6.04 Å². The smallest absolute Gasteiger partial charge is 0.122 e. The van der Waals surface area contributed by atoms with Crippen LogP contribution in [0, 0.1) is 0 Å². The largest absolute Gasteiger partial charge is 0.494 e. The summed E-state index contributed by atoms with van der Waals surface area (Å²) in [4.78, 5) is 0. The highest BCUT2D eigenvalue weighted by molar-refractivity contribution is 5.38. The Bertz CT molecular complexity index is 323. The molecule has 0 bridgehead atoms. The quantitative estimate of drug-likeness (QED) is 0.801. The Kier molecular flexibility index (Phi) is 5.33. The molecule has 16 heavy (non-hydrogen) atoms. The fourth-order valence-electron chi connectivity index (χ4n) is 1.74. The lowest BCUT2D eigenvalue weighted by Crippen LogP contribution is -2.21. The van der Waals surface area contributed by atoms with Crippen molar-refractivity contribution in [2.75, 3.05) is 6.61 Å². The molecular weight excluding hydrogens is 198 g/mol. The minimum atomic E-state index is 0.228. The molecule has 0 radical (unpaired) electrons. The lowest BCUT2D eigenvalue weighted by Gasteiger charge is -2.14. The van der Waals surface area contributed by atoms with Crippen molar-refractivity contribution in [3.8, 4) is 5.75 Å². The Morgan fingerprint density at radius 2 is 2.00 bits per heavy atom. The second kappa shape index (κ2) is 6.54. The summed E-state index contributed by atoms with van der Waals surface area (Å²) in [6.07, 6.45) is 2.96. The summed E-state index contributed by atoms with van der Waals surface area (Å²) >= 11 is 0. The summed E-state index contributed by atoms with van der Waals surface area (Å²) in [6.45, 7) is 7.00. The molecule has 0 aliphatic carbocycles. The van der Waals surface area contributed by atoms with E-state index in [-0.39, 0.29) is 6.04 Å².